The van der Waals surface area contributed by atoms with Crippen LogP contribution in [0.2, 0.25) is 0 Å². The van der Waals surface area contributed by atoms with Crippen molar-refractivity contribution in [1.82, 2.24) is 10.6 Å². The molecule has 6 heteroatoms. The Morgan fingerprint density at radius 2 is 1.89 bits per heavy atom. The number of sulfone groups is 1. The first-order valence-electron chi connectivity index (χ1n) is 7.13. The molecule has 2 aliphatic rings. The standard InChI is InChI=1S/C13H24N2O3S/c1-19(17,18)6-2-5-14-13(16)9-10-7-11-3-4-12(8-10)15-11/h10-12,15H,2-9H2,1H3,(H,14,16). The van der Waals surface area contributed by atoms with E-state index in [2.05, 4.69) is 10.6 Å². The molecule has 19 heavy (non-hydrogen) atoms. The zero-order valence-electron chi connectivity index (χ0n) is 11.5. The van der Waals surface area contributed by atoms with Crippen molar-refractivity contribution in [1.29, 1.82) is 0 Å². The summed E-state index contributed by atoms with van der Waals surface area (Å²) in [5.41, 5.74) is 0. The zero-order valence-corrected chi connectivity index (χ0v) is 12.3. The Kier molecular flexibility index (Phi) is 4.84. The van der Waals surface area contributed by atoms with Crippen LogP contribution in [0, 0.1) is 5.92 Å². The topological polar surface area (TPSA) is 75.3 Å². The van der Waals surface area contributed by atoms with Gasteiger partial charge in [0.15, 0.2) is 0 Å². The van der Waals surface area contributed by atoms with Gasteiger partial charge >= 0.3 is 0 Å². The highest BCUT2D eigenvalue weighted by atomic mass is 32.2. The van der Waals surface area contributed by atoms with Gasteiger partial charge in [-0.3, -0.25) is 4.79 Å². The van der Waals surface area contributed by atoms with Crippen molar-refractivity contribution in [2.45, 2.75) is 50.6 Å². The number of piperidine rings is 1. The van der Waals surface area contributed by atoms with E-state index in [0.29, 0.717) is 37.4 Å². The highest BCUT2D eigenvalue weighted by Gasteiger charge is 2.33. The lowest BCUT2D eigenvalue weighted by molar-refractivity contribution is -0.122. The number of hydrogen-bond acceptors (Lipinski definition) is 4. The van der Waals surface area contributed by atoms with E-state index in [1.165, 1.54) is 19.1 Å². The van der Waals surface area contributed by atoms with Crippen molar-refractivity contribution in [2.75, 3.05) is 18.6 Å². The molecule has 0 aromatic rings. The number of carbonyl (C=O) groups is 1. The lowest BCUT2D eigenvalue weighted by Crippen LogP contribution is -2.39. The largest absolute Gasteiger partial charge is 0.356 e. The van der Waals surface area contributed by atoms with E-state index in [9.17, 15) is 13.2 Å². The minimum atomic E-state index is -2.92. The minimum Gasteiger partial charge on any atom is -0.356 e. The van der Waals surface area contributed by atoms with Gasteiger partial charge < -0.3 is 10.6 Å². The molecular weight excluding hydrogens is 264 g/mol. The van der Waals surface area contributed by atoms with Crippen LogP contribution in [0.15, 0.2) is 0 Å². The molecule has 0 saturated carbocycles. The van der Waals surface area contributed by atoms with Crippen molar-refractivity contribution in [3.8, 4) is 0 Å². The fraction of sp³-hybridized carbons (Fsp3) is 0.923. The molecule has 2 rings (SSSR count). The van der Waals surface area contributed by atoms with Gasteiger partial charge in [0, 0.05) is 31.3 Å². The number of carbonyl (C=O) groups excluding carboxylic acids is 1. The number of nitrogens with one attached hydrogen (secondary N) is 2. The van der Waals surface area contributed by atoms with Crippen molar-refractivity contribution < 1.29 is 13.2 Å². The highest BCUT2D eigenvalue weighted by molar-refractivity contribution is 7.90. The van der Waals surface area contributed by atoms with E-state index in [1.807, 2.05) is 0 Å². The smallest absolute Gasteiger partial charge is 0.220 e. The van der Waals surface area contributed by atoms with Gasteiger partial charge in [0.05, 0.1) is 5.75 Å². The van der Waals surface area contributed by atoms with Gasteiger partial charge in [0.2, 0.25) is 5.91 Å². The molecule has 2 unspecified atom stereocenters. The van der Waals surface area contributed by atoms with Gasteiger partial charge in [-0.15, -0.1) is 0 Å². The summed E-state index contributed by atoms with van der Waals surface area (Å²) < 4.78 is 21.9. The van der Waals surface area contributed by atoms with Gasteiger partial charge in [0.1, 0.15) is 9.84 Å². The summed E-state index contributed by atoms with van der Waals surface area (Å²) >= 11 is 0. The van der Waals surface area contributed by atoms with E-state index < -0.39 is 9.84 Å². The fourth-order valence-electron chi connectivity index (χ4n) is 3.24. The second-order valence-electron chi connectivity index (χ2n) is 6.01. The molecule has 110 valence electrons. The summed E-state index contributed by atoms with van der Waals surface area (Å²) in [5, 5.41) is 6.39. The summed E-state index contributed by atoms with van der Waals surface area (Å²) in [6.45, 7) is 0.462. The molecule has 2 atom stereocenters. The molecule has 0 aromatic carbocycles. The summed E-state index contributed by atoms with van der Waals surface area (Å²) in [7, 11) is -2.92. The molecule has 0 spiro atoms. The van der Waals surface area contributed by atoms with Crippen molar-refractivity contribution in [3.63, 3.8) is 0 Å². The minimum absolute atomic E-state index is 0.0693. The molecule has 0 radical (unpaired) electrons. The van der Waals surface area contributed by atoms with Crippen LogP contribution < -0.4 is 10.6 Å². The maximum atomic E-state index is 11.8. The third kappa shape index (κ3) is 5.10. The first-order valence-corrected chi connectivity index (χ1v) is 9.19. The monoisotopic (exact) mass is 288 g/mol. The Morgan fingerprint density at radius 1 is 1.26 bits per heavy atom. The van der Waals surface area contributed by atoms with Crippen LogP contribution in [-0.4, -0.2) is 45.0 Å². The number of amides is 1. The number of rotatable bonds is 6. The SMILES string of the molecule is CS(=O)(=O)CCCNC(=O)CC1CC2CCC(C1)N2. The summed E-state index contributed by atoms with van der Waals surface area (Å²) in [5.74, 6) is 0.707. The molecule has 2 fully saturated rings. The Balaban J connectivity index is 1.62. The first-order chi connectivity index (χ1) is 8.92. The van der Waals surface area contributed by atoms with Crippen LogP contribution in [0.25, 0.3) is 0 Å². The third-order valence-corrected chi connectivity index (χ3v) is 5.09. The average Bonchev–Trinajstić information content (AvgIpc) is 2.63. The van der Waals surface area contributed by atoms with E-state index in [1.54, 1.807) is 0 Å². The molecule has 2 bridgehead atoms. The van der Waals surface area contributed by atoms with Gasteiger partial charge in [0.25, 0.3) is 0 Å². The van der Waals surface area contributed by atoms with Crippen LogP contribution in [0.1, 0.15) is 38.5 Å². The Hall–Kier alpha value is -0.620. The molecule has 0 aromatic heterocycles. The van der Waals surface area contributed by atoms with E-state index in [4.69, 9.17) is 0 Å². The van der Waals surface area contributed by atoms with Gasteiger partial charge in [-0.25, -0.2) is 8.42 Å². The molecule has 2 aliphatic heterocycles. The predicted molar refractivity (Wildman–Crippen MR) is 74.6 cm³/mol. The summed E-state index contributed by atoms with van der Waals surface area (Å²) in [6, 6.07) is 1.23. The van der Waals surface area contributed by atoms with Gasteiger partial charge in [-0.1, -0.05) is 0 Å². The van der Waals surface area contributed by atoms with Crippen molar-refractivity contribution >= 4 is 15.7 Å². The normalized spacial score (nSPS) is 30.3. The molecular formula is C13H24N2O3S. The highest BCUT2D eigenvalue weighted by Crippen LogP contribution is 2.32. The third-order valence-electron chi connectivity index (χ3n) is 4.06. The maximum absolute atomic E-state index is 11.8. The Morgan fingerprint density at radius 3 is 2.47 bits per heavy atom. The van der Waals surface area contributed by atoms with E-state index in [0.717, 1.165) is 12.8 Å². The van der Waals surface area contributed by atoms with Gasteiger partial charge in [-0.05, 0) is 38.0 Å². The van der Waals surface area contributed by atoms with Crippen LogP contribution in [0.5, 0.6) is 0 Å². The number of hydrogen-bond donors (Lipinski definition) is 2. The molecule has 2 N–H and O–H groups in total. The number of fused-ring (bicyclic) bond motifs is 2. The zero-order chi connectivity index (χ0) is 13.9. The Labute approximate surface area is 115 Å². The van der Waals surface area contributed by atoms with Gasteiger partial charge in [-0.2, -0.15) is 0 Å². The first kappa shape index (κ1) is 14.8. The Bertz CT molecular complexity index is 410. The second kappa shape index (κ2) is 6.22. The molecule has 2 heterocycles. The predicted octanol–water partition coefficient (Wildman–Crippen LogP) is 0.458. The van der Waals surface area contributed by atoms with Crippen LogP contribution in [0.3, 0.4) is 0 Å². The lowest BCUT2D eigenvalue weighted by atomic mass is 9.89. The second-order valence-corrected chi connectivity index (χ2v) is 8.27. The van der Waals surface area contributed by atoms with Crippen LogP contribution in [0.4, 0.5) is 0 Å². The van der Waals surface area contributed by atoms with E-state index in [-0.39, 0.29) is 11.7 Å². The lowest BCUT2D eigenvalue weighted by Gasteiger charge is -2.28. The van der Waals surface area contributed by atoms with Crippen molar-refractivity contribution in [2.24, 2.45) is 5.92 Å². The van der Waals surface area contributed by atoms with E-state index >= 15 is 0 Å². The molecule has 0 aliphatic carbocycles. The maximum Gasteiger partial charge on any atom is 0.220 e. The van der Waals surface area contributed by atoms with Crippen LogP contribution in [-0.2, 0) is 14.6 Å². The average molecular weight is 288 g/mol. The van der Waals surface area contributed by atoms with Crippen molar-refractivity contribution in [3.05, 3.63) is 0 Å². The summed E-state index contributed by atoms with van der Waals surface area (Å²) in [6.07, 6.45) is 7.02. The molecule has 1 amide bonds. The summed E-state index contributed by atoms with van der Waals surface area (Å²) in [4.78, 5) is 11.8. The quantitative estimate of drug-likeness (QED) is 0.696. The molecule has 5 nitrogen and oxygen atoms in total. The molecule has 2 saturated heterocycles. The van der Waals surface area contributed by atoms with Crippen LogP contribution >= 0.6 is 0 Å². The fourth-order valence-corrected chi connectivity index (χ4v) is 3.91.